The third kappa shape index (κ3) is 23.4. The van der Waals surface area contributed by atoms with E-state index in [1.165, 1.54) is 116 Å². The summed E-state index contributed by atoms with van der Waals surface area (Å²) in [4.78, 5) is 26.4. The Morgan fingerprint density at radius 1 is 0.468 bits per heavy atom. The highest BCUT2D eigenvalue weighted by Gasteiger charge is 2.50. The maximum absolute atomic E-state index is 13.5. The lowest BCUT2D eigenvalue weighted by Gasteiger charge is -2.34. The summed E-state index contributed by atoms with van der Waals surface area (Å²) in [5.74, 6) is -1.08. The Labute approximate surface area is 296 Å². The summed E-state index contributed by atoms with van der Waals surface area (Å²) in [6.07, 6.45) is 29.7. The Balaban J connectivity index is 4.84. The van der Waals surface area contributed by atoms with Crippen molar-refractivity contribution in [1.82, 2.24) is 0 Å². The molecule has 0 fully saturated rings. The highest BCUT2D eigenvalue weighted by Crippen LogP contribution is 2.26. The van der Waals surface area contributed by atoms with Gasteiger partial charge in [0.1, 0.15) is 12.2 Å². The average Bonchev–Trinajstić information content (AvgIpc) is 3.07. The molecule has 5 nitrogen and oxygen atoms in total. The van der Waals surface area contributed by atoms with E-state index in [0.29, 0.717) is 19.3 Å². The zero-order valence-corrected chi connectivity index (χ0v) is 32.2. The molecule has 47 heavy (non-hydrogen) atoms. The van der Waals surface area contributed by atoms with E-state index in [9.17, 15) is 24.9 Å². The van der Waals surface area contributed by atoms with E-state index in [2.05, 4.69) is 20.8 Å². The standard InChI is InChI=1S/C41H78O5S/c1-4-7-10-13-16-19-20-21-22-23-26-29-32-35-38(47)41(46,37(43)34-31-28-25-18-15-12-9-6-3)40(45)39(44)36(42)33-30-27-24-17-14-11-8-5-2/h39-40,44-46H,4-35H2,1-3H3. The summed E-state index contributed by atoms with van der Waals surface area (Å²) in [6.45, 7) is 6.65. The molecule has 0 aliphatic rings. The maximum atomic E-state index is 13.5. The van der Waals surface area contributed by atoms with Crippen LogP contribution in [0.25, 0.3) is 0 Å². The first-order valence-electron chi connectivity index (χ1n) is 20.4. The number of aliphatic hydroxyl groups excluding tert-OH is 2. The number of aliphatic hydroxyl groups is 3. The van der Waals surface area contributed by atoms with Gasteiger partial charge in [-0.3, -0.25) is 9.59 Å². The molecule has 0 aromatic rings. The second-order valence-electron chi connectivity index (χ2n) is 14.4. The van der Waals surface area contributed by atoms with Gasteiger partial charge < -0.3 is 15.3 Å². The van der Waals surface area contributed by atoms with Crippen molar-refractivity contribution < 1.29 is 24.9 Å². The van der Waals surface area contributed by atoms with Gasteiger partial charge in [0.25, 0.3) is 0 Å². The zero-order chi connectivity index (χ0) is 35.0. The molecule has 0 bridgehead atoms. The highest BCUT2D eigenvalue weighted by molar-refractivity contribution is 7.80. The van der Waals surface area contributed by atoms with Crippen LogP contribution in [0.2, 0.25) is 0 Å². The number of Topliss-reactive ketones (excluding diaryl/α,β-unsaturated/α-hetero) is 2. The number of rotatable bonds is 37. The second kappa shape index (κ2) is 32.5. The minimum atomic E-state index is -2.37. The van der Waals surface area contributed by atoms with E-state index in [1.807, 2.05) is 0 Å². The first-order valence-corrected chi connectivity index (χ1v) is 20.9. The van der Waals surface area contributed by atoms with Gasteiger partial charge >= 0.3 is 0 Å². The number of ketones is 2. The topological polar surface area (TPSA) is 94.8 Å². The normalized spacial score (nSPS) is 14.2. The van der Waals surface area contributed by atoms with Crippen LogP contribution in [0.4, 0.5) is 0 Å². The molecule has 0 amide bonds. The summed E-state index contributed by atoms with van der Waals surface area (Å²) in [5.41, 5.74) is -2.37. The van der Waals surface area contributed by atoms with Crippen LogP contribution >= 0.6 is 12.2 Å². The molecule has 0 rings (SSSR count). The predicted octanol–water partition coefficient (Wildman–Crippen LogP) is 11.5. The SMILES string of the molecule is CCCCCCCCCCCCCCCC(=S)C(O)(C(=O)CCCCCCCCCC)C(O)C(O)C(=O)CCCCCCCCCC. The number of hydrogen-bond donors (Lipinski definition) is 3. The molecule has 3 unspecified atom stereocenters. The molecule has 0 saturated heterocycles. The summed E-state index contributed by atoms with van der Waals surface area (Å²) < 4.78 is 0. The molecule has 0 aliphatic heterocycles. The molecule has 3 atom stereocenters. The van der Waals surface area contributed by atoms with Crippen molar-refractivity contribution in [3.05, 3.63) is 0 Å². The van der Waals surface area contributed by atoms with Gasteiger partial charge in [-0.05, 0) is 25.7 Å². The van der Waals surface area contributed by atoms with Crippen molar-refractivity contribution in [2.24, 2.45) is 0 Å². The number of unbranched alkanes of at least 4 members (excludes halogenated alkanes) is 26. The monoisotopic (exact) mass is 683 g/mol. The minimum Gasteiger partial charge on any atom is -0.386 e. The van der Waals surface area contributed by atoms with E-state index in [0.717, 1.165) is 57.8 Å². The fraction of sp³-hybridized carbons (Fsp3) is 0.927. The maximum Gasteiger partial charge on any atom is 0.183 e. The Morgan fingerprint density at radius 3 is 1.09 bits per heavy atom. The first kappa shape index (κ1) is 46.3. The second-order valence-corrected chi connectivity index (χ2v) is 14.9. The molecule has 0 aliphatic carbocycles. The van der Waals surface area contributed by atoms with E-state index < -0.39 is 29.4 Å². The van der Waals surface area contributed by atoms with Crippen molar-refractivity contribution in [3.8, 4) is 0 Å². The van der Waals surface area contributed by atoms with Crippen molar-refractivity contribution in [2.45, 2.75) is 244 Å². The van der Waals surface area contributed by atoms with Gasteiger partial charge in [0.05, 0.1) is 0 Å². The van der Waals surface area contributed by atoms with Crippen LogP contribution in [0, 0.1) is 0 Å². The fourth-order valence-corrected chi connectivity index (χ4v) is 6.95. The van der Waals surface area contributed by atoms with Crippen LogP contribution in [-0.4, -0.2) is 49.6 Å². The van der Waals surface area contributed by atoms with Crippen LogP contribution in [0.5, 0.6) is 0 Å². The van der Waals surface area contributed by atoms with E-state index >= 15 is 0 Å². The largest absolute Gasteiger partial charge is 0.386 e. The molecule has 0 aromatic heterocycles. The Hall–Kier alpha value is -0.690. The molecular formula is C41H78O5S. The average molecular weight is 683 g/mol. The summed E-state index contributed by atoms with van der Waals surface area (Å²) >= 11 is 5.61. The van der Waals surface area contributed by atoms with Crippen LogP contribution in [0.15, 0.2) is 0 Å². The molecule has 0 radical (unpaired) electrons. The van der Waals surface area contributed by atoms with Crippen LogP contribution in [-0.2, 0) is 9.59 Å². The lowest BCUT2D eigenvalue weighted by Crippen LogP contribution is -2.60. The van der Waals surface area contributed by atoms with Gasteiger partial charge in [0.2, 0.25) is 0 Å². The van der Waals surface area contributed by atoms with E-state index in [4.69, 9.17) is 12.2 Å². The van der Waals surface area contributed by atoms with Crippen molar-refractivity contribution in [3.63, 3.8) is 0 Å². The number of carbonyl (C=O) groups excluding carboxylic acids is 2. The van der Waals surface area contributed by atoms with E-state index in [-0.39, 0.29) is 17.7 Å². The van der Waals surface area contributed by atoms with E-state index in [1.54, 1.807) is 0 Å². The molecule has 0 spiro atoms. The zero-order valence-electron chi connectivity index (χ0n) is 31.3. The molecule has 6 heteroatoms. The lowest BCUT2D eigenvalue weighted by atomic mass is 9.80. The Morgan fingerprint density at radius 2 is 0.745 bits per heavy atom. The van der Waals surface area contributed by atoms with Gasteiger partial charge in [-0.2, -0.15) is 0 Å². The third-order valence-electron chi connectivity index (χ3n) is 9.95. The fourth-order valence-electron chi connectivity index (χ4n) is 6.57. The molecule has 0 saturated carbocycles. The first-order chi connectivity index (χ1) is 22.8. The Bertz CT molecular complexity index is 756. The van der Waals surface area contributed by atoms with Crippen molar-refractivity contribution in [1.29, 1.82) is 0 Å². The third-order valence-corrected chi connectivity index (χ3v) is 10.5. The van der Waals surface area contributed by atoms with Gasteiger partial charge in [0.15, 0.2) is 17.2 Å². The number of carbonyl (C=O) groups is 2. The smallest absolute Gasteiger partial charge is 0.183 e. The van der Waals surface area contributed by atoms with Crippen LogP contribution < -0.4 is 0 Å². The molecule has 278 valence electrons. The number of thiocarbonyl (C=S) groups is 1. The summed E-state index contributed by atoms with van der Waals surface area (Å²) in [6, 6.07) is 0. The van der Waals surface area contributed by atoms with Crippen molar-refractivity contribution >= 4 is 28.6 Å². The van der Waals surface area contributed by atoms with Crippen LogP contribution in [0.1, 0.15) is 226 Å². The number of hydrogen-bond acceptors (Lipinski definition) is 6. The predicted molar refractivity (Wildman–Crippen MR) is 204 cm³/mol. The molecule has 3 N–H and O–H groups in total. The van der Waals surface area contributed by atoms with Gasteiger partial charge in [0, 0.05) is 17.7 Å². The molecular weight excluding hydrogens is 605 g/mol. The summed E-state index contributed by atoms with van der Waals surface area (Å²) in [7, 11) is 0. The quantitative estimate of drug-likeness (QED) is 0.0446. The van der Waals surface area contributed by atoms with Crippen molar-refractivity contribution in [2.75, 3.05) is 0 Å². The minimum absolute atomic E-state index is 0.0663. The van der Waals surface area contributed by atoms with Gasteiger partial charge in [-0.15, -0.1) is 0 Å². The molecule has 0 heterocycles. The Kier molecular flexibility index (Phi) is 32.0. The van der Waals surface area contributed by atoms with Gasteiger partial charge in [-0.25, -0.2) is 0 Å². The summed E-state index contributed by atoms with van der Waals surface area (Å²) in [5, 5.41) is 33.7. The lowest BCUT2D eigenvalue weighted by molar-refractivity contribution is -0.154. The highest BCUT2D eigenvalue weighted by atomic mass is 32.1. The molecule has 0 aromatic carbocycles. The van der Waals surface area contributed by atoms with Crippen LogP contribution in [0.3, 0.4) is 0 Å². The van der Waals surface area contributed by atoms with Gasteiger partial charge in [-0.1, -0.05) is 200 Å².